The normalized spacial score (nSPS) is 28.4. The molecule has 0 spiro atoms. The minimum absolute atomic E-state index is 0.0610. The molecule has 2 heterocycles. The molecule has 1 atom stereocenters. The molecule has 0 aromatic carbocycles. The highest BCUT2D eigenvalue weighted by atomic mass is 127. The van der Waals surface area contributed by atoms with Gasteiger partial charge in [0.05, 0.1) is 12.6 Å². The van der Waals surface area contributed by atoms with E-state index in [1.165, 1.54) is 0 Å². The van der Waals surface area contributed by atoms with E-state index in [0.717, 1.165) is 45.4 Å². The van der Waals surface area contributed by atoms with Gasteiger partial charge in [0.15, 0.2) is 0 Å². The Bertz CT molecular complexity index is 374. The number of rotatable bonds is 5. The van der Waals surface area contributed by atoms with Crippen molar-refractivity contribution in [1.29, 1.82) is 0 Å². The molecule has 0 saturated carbocycles. The first-order valence-corrected chi connectivity index (χ1v) is 10.2. The van der Waals surface area contributed by atoms with Gasteiger partial charge >= 0.3 is 0 Å². The van der Waals surface area contributed by atoms with Gasteiger partial charge in [-0.1, -0.05) is 50.3 Å². The molecule has 2 aliphatic heterocycles. The molecule has 5 heteroatoms. The summed E-state index contributed by atoms with van der Waals surface area (Å²) in [6.07, 6.45) is 3.74. The third-order valence-corrected chi connectivity index (χ3v) is 6.16. The van der Waals surface area contributed by atoms with Crippen LogP contribution in [0.2, 0.25) is 0 Å². The number of likely N-dealkylation sites (tertiary alicyclic amines) is 2. The predicted octanol–water partition coefficient (Wildman–Crippen LogP) is 4.67. The van der Waals surface area contributed by atoms with Crippen LogP contribution in [-0.2, 0) is 0 Å². The van der Waals surface area contributed by atoms with Crippen molar-refractivity contribution in [2.24, 2.45) is 11.8 Å². The average Bonchev–Trinajstić information content (AvgIpc) is 2.43. The number of hydrogen-bond donors (Lipinski definition) is 0. The van der Waals surface area contributed by atoms with Crippen LogP contribution in [0.3, 0.4) is 0 Å². The Hall–Kier alpha value is 0.510. The van der Waals surface area contributed by atoms with E-state index in [4.69, 9.17) is 0 Å². The lowest BCUT2D eigenvalue weighted by Crippen LogP contribution is -2.59. The number of halogens is 3. The van der Waals surface area contributed by atoms with Crippen molar-refractivity contribution in [3.8, 4) is 0 Å². The van der Waals surface area contributed by atoms with Gasteiger partial charge in [-0.3, -0.25) is 9.80 Å². The molecular weight excluding hydrogens is 409 g/mol. The molecule has 0 bridgehead atoms. The lowest BCUT2D eigenvalue weighted by atomic mass is 9.85. The summed E-state index contributed by atoms with van der Waals surface area (Å²) < 4.78 is 29.6. The maximum absolute atomic E-state index is 14.7. The van der Waals surface area contributed by atoms with Crippen LogP contribution in [0.15, 0.2) is 0 Å². The topological polar surface area (TPSA) is 6.48 Å². The minimum Gasteiger partial charge on any atom is -0.297 e. The van der Waals surface area contributed by atoms with Crippen molar-refractivity contribution < 1.29 is 8.78 Å². The summed E-state index contributed by atoms with van der Waals surface area (Å²) in [5, 5.41) is 0. The molecule has 0 radical (unpaired) electrons. The van der Waals surface area contributed by atoms with Crippen LogP contribution in [0, 0.1) is 11.8 Å². The highest BCUT2D eigenvalue weighted by molar-refractivity contribution is 14.1. The van der Waals surface area contributed by atoms with Crippen molar-refractivity contribution in [1.82, 2.24) is 9.80 Å². The Labute approximate surface area is 154 Å². The van der Waals surface area contributed by atoms with Crippen LogP contribution < -0.4 is 0 Å². The summed E-state index contributed by atoms with van der Waals surface area (Å²) >= 11 is 2.41. The predicted molar refractivity (Wildman–Crippen MR) is 102 cm³/mol. The Kier molecular flexibility index (Phi) is 6.74. The number of nitrogens with zero attached hydrogens (tertiary/aromatic N) is 2. The smallest absolute Gasteiger partial charge is 0.275 e. The molecule has 2 fully saturated rings. The summed E-state index contributed by atoms with van der Waals surface area (Å²) in [5.41, 5.74) is 0. The molecule has 0 aliphatic carbocycles. The van der Waals surface area contributed by atoms with Gasteiger partial charge in [-0.15, -0.1) is 0 Å². The molecule has 0 aromatic rings. The number of alkyl halides is 3. The first-order chi connectivity index (χ1) is 10.6. The fraction of sp³-hybridized carbons (Fsp3) is 1.00. The standard InChI is InChI=1S/C18H33F2IN2/c1-14(2)15-5-10-23(11-6-15)16-7-9-22(13-18(16,19)20)12-8-17(3,4)21/h14-16H,5-13H2,1-4H3/t16-/m0/s1. The fourth-order valence-electron chi connectivity index (χ4n) is 3.96. The third kappa shape index (κ3) is 5.77. The third-order valence-electron chi connectivity index (χ3n) is 5.62. The lowest BCUT2D eigenvalue weighted by molar-refractivity contribution is -0.133. The van der Waals surface area contributed by atoms with E-state index in [1.54, 1.807) is 0 Å². The van der Waals surface area contributed by atoms with E-state index >= 15 is 0 Å². The molecule has 0 unspecified atom stereocenters. The van der Waals surface area contributed by atoms with Gasteiger partial charge in [0, 0.05) is 9.97 Å². The van der Waals surface area contributed by atoms with Gasteiger partial charge in [-0.2, -0.15) is 0 Å². The van der Waals surface area contributed by atoms with Crippen molar-refractivity contribution in [2.45, 2.75) is 68.8 Å². The average molecular weight is 442 g/mol. The Morgan fingerprint density at radius 3 is 2.22 bits per heavy atom. The highest BCUT2D eigenvalue weighted by Gasteiger charge is 2.47. The molecule has 136 valence electrons. The van der Waals surface area contributed by atoms with Crippen molar-refractivity contribution >= 4 is 22.6 Å². The molecule has 23 heavy (non-hydrogen) atoms. The van der Waals surface area contributed by atoms with Crippen LogP contribution in [0.1, 0.15) is 53.4 Å². The Morgan fingerprint density at radius 2 is 1.74 bits per heavy atom. The van der Waals surface area contributed by atoms with Gasteiger partial charge in [0.25, 0.3) is 5.92 Å². The van der Waals surface area contributed by atoms with Crippen LogP contribution in [0.25, 0.3) is 0 Å². The maximum atomic E-state index is 14.7. The SMILES string of the molecule is CC(C)C1CCN([C@H]2CCN(CCC(C)(C)I)CC2(F)F)CC1. The first-order valence-electron chi connectivity index (χ1n) is 9.11. The second-order valence-corrected chi connectivity index (χ2v) is 11.3. The molecular formula is C18H33F2IN2. The van der Waals surface area contributed by atoms with Crippen LogP contribution in [0.4, 0.5) is 8.78 Å². The van der Waals surface area contributed by atoms with E-state index in [9.17, 15) is 8.78 Å². The summed E-state index contributed by atoms with van der Waals surface area (Å²) in [5.74, 6) is -1.18. The molecule has 0 aromatic heterocycles. The van der Waals surface area contributed by atoms with Gasteiger partial charge in [0.2, 0.25) is 0 Å². The molecule has 2 nitrogen and oxygen atoms in total. The maximum Gasteiger partial charge on any atom is 0.275 e. The molecule has 0 amide bonds. The molecule has 2 saturated heterocycles. The molecule has 2 aliphatic rings. The van der Waals surface area contributed by atoms with Crippen molar-refractivity contribution in [3.63, 3.8) is 0 Å². The Morgan fingerprint density at radius 1 is 1.13 bits per heavy atom. The summed E-state index contributed by atoms with van der Waals surface area (Å²) in [6, 6.07) is -0.542. The largest absolute Gasteiger partial charge is 0.297 e. The Balaban J connectivity index is 1.86. The fourth-order valence-corrected chi connectivity index (χ4v) is 4.20. The van der Waals surface area contributed by atoms with Gasteiger partial charge in [0.1, 0.15) is 0 Å². The summed E-state index contributed by atoms with van der Waals surface area (Å²) in [7, 11) is 0. The van der Waals surface area contributed by atoms with Crippen LogP contribution in [-0.4, -0.2) is 57.9 Å². The zero-order valence-electron chi connectivity index (χ0n) is 15.1. The van der Waals surface area contributed by atoms with E-state index in [-0.39, 0.29) is 9.97 Å². The van der Waals surface area contributed by atoms with Gasteiger partial charge in [-0.25, -0.2) is 8.78 Å². The van der Waals surface area contributed by atoms with E-state index in [1.807, 2.05) is 4.90 Å². The quantitative estimate of drug-likeness (QED) is 0.451. The van der Waals surface area contributed by atoms with E-state index in [2.05, 4.69) is 55.2 Å². The van der Waals surface area contributed by atoms with Gasteiger partial charge in [-0.05, 0) is 57.2 Å². The highest BCUT2D eigenvalue weighted by Crippen LogP contribution is 2.35. The van der Waals surface area contributed by atoms with E-state index in [0.29, 0.717) is 18.3 Å². The van der Waals surface area contributed by atoms with Crippen LogP contribution >= 0.6 is 22.6 Å². The zero-order chi connectivity index (χ0) is 17.3. The zero-order valence-corrected chi connectivity index (χ0v) is 17.3. The monoisotopic (exact) mass is 442 g/mol. The molecule has 2 rings (SSSR count). The summed E-state index contributed by atoms with van der Waals surface area (Å²) in [6.45, 7) is 12.1. The van der Waals surface area contributed by atoms with Gasteiger partial charge < -0.3 is 0 Å². The number of hydrogen-bond acceptors (Lipinski definition) is 2. The molecule has 0 N–H and O–H groups in total. The minimum atomic E-state index is -2.57. The second-order valence-electron chi connectivity index (χ2n) is 8.43. The number of piperidine rings is 2. The van der Waals surface area contributed by atoms with Crippen molar-refractivity contribution in [2.75, 3.05) is 32.7 Å². The summed E-state index contributed by atoms with van der Waals surface area (Å²) in [4.78, 5) is 4.05. The first kappa shape index (κ1) is 19.8. The second kappa shape index (κ2) is 7.81. The lowest BCUT2D eigenvalue weighted by Gasteiger charge is -2.46. The van der Waals surface area contributed by atoms with Crippen molar-refractivity contribution in [3.05, 3.63) is 0 Å². The van der Waals surface area contributed by atoms with Crippen LogP contribution in [0.5, 0.6) is 0 Å². The van der Waals surface area contributed by atoms with E-state index < -0.39 is 12.0 Å².